The molecular formula is C12H14N2O2S. The Morgan fingerprint density at radius 1 is 1.12 bits per heavy atom. The van der Waals surface area contributed by atoms with E-state index in [1.165, 1.54) is 18.4 Å². The van der Waals surface area contributed by atoms with Crippen LogP contribution < -0.4 is 5.73 Å². The molecule has 2 aromatic rings. The zero-order valence-electron chi connectivity index (χ0n) is 9.71. The monoisotopic (exact) mass is 250 g/mol. The number of sulfonamides is 1. The Labute approximate surface area is 101 Å². The molecule has 0 amide bonds. The molecule has 0 heterocycles. The van der Waals surface area contributed by atoms with Crippen molar-refractivity contribution in [3.63, 3.8) is 0 Å². The Morgan fingerprint density at radius 3 is 2.47 bits per heavy atom. The second kappa shape index (κ2) is 4.01. The molecule has 0 saturated heterocycles. The van der Waals surface area contributed by atoms with E-state index in [4.69, 9.17) is 5.73 Å². The second-order valence-electron chi connectivity index (χ2n) is 4.02. The number of nitrogen functional groups attached to an aromatic ring is 1. The third kappa shape index (κ3) is 1.99. The van der Waals surface area contributed by atoms with Crippen molar-refractivity contribution in [2.75, 3.05) is 19.8 Å². The summed E-state index contributed by atoms with van der Waals surface area (Å²) >= 11 is 0. The number of nitrogens with zero attached hydrogens (tertiary/aromatic N) is 1. The lowest BCUT2D eigenvalue weighted by Gasteiger charge is -2.13. The number of fused-ring (bicyclic) bond motifs is 1. The van der Waals surface area contributed by atoms with Crippen LogP contribution in [0.4, 0.5) is 5.69 Å². The van der Waals surface area contributed by atoms with E-state index in [0.717, 1.165) is 5.39 Å². The van der Waals surface area contributed by atoms with Crippen molar-refractivity contribution < 1.29 is 8.42 Å². The van der Waals surface area contributed by atoms with Gasteiger partial charge in [-0.05, 0) is 23.6 Å². The average molecular weight is 250 g/mol. The van der Waals surface area contributed by atoms with E-state index >= 15 is 0 Å². The summed E-state index contributed by atoms with van der Waals surface area (Å²) in [5, 5.41) is 1.52. The minimum Gasteiger partial charge on any atom is -0.399 e. The van der Waals surface area contributed by atoms with Crippen LogP contribution in [0.2, 0.25) is 0 Å². The molecule has 0 atom stereocenters. The quantitative estimate of drug-likeness (QED) is 0.825. The number of nitrogens with two attached hydrogens (primary N) is 1. The molecule has 2 rings (SSSR count). The van der Waals surface area contributed by atoms with Crippen LogP contribution in [0.15, 0.2) is 41.3 Å². The van der Waals surface area contributed by atoms with Crippen molar-refractivity contribution in [2.24, 2.45) is 0 Å². The van der Waals surface area contributed by atoms with Crippen molar-refractivity contribution >= 4 is 26.5 Å². The molecule has 0 radical (unpaired) electrons. The van der Waals surface area contributed by atoms with Crippen LogP contribution in [0.3, 0.4) is 0 Å². The number of hydrogen-bond donors (Lipinski definition) is 1. The molecule has 0 unspecified atom stereocenters. The summed E-state index contributed by atoms with van der Waals surface area (Å²) < 4.78 is 25.5. The molecule has 2 N–H and O–H groups in total. The molecule has 0 fully saturated rings. The highest BCUT2D eigenvalue weighted by Crippen LogP contribution is 2.26. The molecule has 17 heavy (non-hydrogen) atoms. The van der Waals surface area contributed by atoms with Gasteiger partial charge >= 0.3 is 0 Å². The third-order valence-corrected chi connectivity index (χ3v) is 4.50. The summed E-state index contributed by atoms with van der Waals surface area (Å²) in [5.74, 6) is 0. The maximum absolute atomic E-state index is 12.1. The van der Waals surface area contributed by atoms with Gasteiger partial charge in [-0.3, -0.25) is 0 Å². The molecule has 0 saturated carbocycles. The molecule has 90 valence electrons. The fraction of sp³-hybridized carbons (Fsp3) is 0.167. The average Bonchev–Trinajstić information content (AvgIpc) is 2.27. The van der Waals surface area contributed by atoms with E-state index in [1.807, 2.05) is 6.07 Å². The smallest absolute Gasteiger partial charge is 0.243 e. The van der Waals surface area contributed by atoms with Crippen molar-refractivity contribution in [3.8, 4) is 0 Å². The topological polar surface area (TPSA) is 63.4 Å². The minimum atomic E-state index is -3.42. The Bertz CT molecular complexity index is 663. The Balaban J connectivity index is 2.80. The molecule has 0 bridgehead atoms. The van der Waals surface area contributed by atoms with Crippen molar-refractivity contribution in [3.05, 3.63) is 36.4 Å². The summed E-state index contributed by atoms with van der Waals surface area (Å²) in [7, 11) is -0.385. The Morgan fingerprint density at radius 2 is 1.82 bits per heavy atom. The molecule has 0 aliphatic rings. The highest BCUT2D eigenvalue weighted by atomic mass is 32.2. The van der Waals surface area contributed by atoms with E-state index in [0.29, 0.717) is 16.0 Å². The predicted octanol–water partition coefficient (Wildman–Crippen LogP) is 1.67. The van der Waals surface area contributed by atoms with E-state index in [-0.39, 0.29) is 0 Å². The van der Waals surface area contributed by atoms with E-state index in [2.05, 4.69) is 0 Å². The van der Waals surface area contributed by atoms with Gasteiger partial charge in [0.1, 0.15) is 0 Å². The number of anilines is 1. The van der Waals surface area contributed by atoms with Gasteiger partial charge in [0.2, 0.25) is 10.0 Å². The Kier molecular flexibility index (Phi) is 2.81. The summed E-state index contributed by atoms with van der Waals surface area (Å²) in [6, 6.07) is 10.4. The van der Waals surface area contributed by atoms with Crippen molar-refractivity contribution in [1.82, 2.24) is 4.31 Å². The first-order valence-electron chi connectivity index (χ1n) is 5.14. The lowest BCUT2D eigenvalue weighted by molar-refractivity contribution is 0.521. The van der Waals surface area contributed by atoms with Gasteiger partial charge in [0.25, 0.3) is 0 Å². The largest absolute Gasteiger partial charge is 0.399 e. The second-order valence-corrected chi connectivity index (χ2v) is 6.14. The van der Waals surface area contributed by atoms with Crippen LogP contribution in [0, 0.1) is 0 Å². The number of hydrogen-bond acceptors (Lipinski definition) is 3. The van der Waals surface area contributed by atoms with Gasteiger partial charge in [0.05, 0.1) is 4.90 Å². The fourth-order valence-electron chi connectivity index (χ4n) is 1.69. The van der Waals surface area contributed by atoms with Crippen molar-refractivity contribution in [2.45, 2.75) is 4.90 Å². The Hall–Kier alpha value is -1.59. The standard InChI is InChI=1S/C12H14N2O2S/c1-14(2)17(15,16)12-5-3-4-9-8-10(13)6-7-11(9)12/h3-8H,13H2,1-2H3. The fourth-order valence-corrected chi connectivity index (χ4v) is 2.80. The highest BCUT2D eigenvalue weighted by Gasteiger charge is 2.19. The molecule has 0 aliphatic carbocycles. The van der Waals surface area contributed by atoms with E-state index < -0.39 is 10.0 Å². The summed E-state index contributed by atoms with van der Waals surface area (Å²) in [4.78, 5) is 0.306. The van der Waals surface area contributed by atoms with Crippen molar-refractivity contribution in [1.29, 1.82) is 0 Å². The van der Waals surface area contributed by atoms with Crippen LogP contribution >= 0.6 is 0 Å². The van der Waals surface area contributed by atoms with Crippen LogP contribution in [-0.4, -0.2) is 26.8 Å². The minimum absolute atomic E-state index is 0.306. The normalized spacial score (nSPS) is 12.2. The lowest BCUT2D eigenvalue weighted by Crippen LogP contribution is -2.22. The molecule has 0 aromatic heterocycles. The lowest BCUT2D eigenvalue weighted by atomic mass is 10.1. The van der Waals surface area contributed by atoms with Gasteiger partial charge in [-0.25, -0.2) is 12.7 Å². The van der Waals surface area contributed by atoms with Crippen LogP contribution in [0.1, 0.15) is 0 Å². The molecule has 2 aromatic carbocycles. The summed E-state index contributed by atoms with van der Waals surface area (Å²) in [5.41, 5.74) is 6.31. The zero-order valence-corrected chi connectivity index (χ0v) is 10.5. The molecular weight excluding hydrogens is 236 g/mol. The van der Waals surface area contributed by atoms with Crippen LogP contribution in [0.5, 0.6) is 0 Å². The van der Waals surface area contributed by atoms with Gasteiger partial charge in [0.15, 0.2) is 0 Å². The van der Waals surface area contributed by atoms with Gasteiger partial charge in [-0.15, -0.1) is 0 Å². The SMILES string of the molecule is CN(C)S(=O)(=O)c1cccc2cc(N)ccc12. The van der Waals surface area contributed by atoms with E-state index in [9.17, 15) is 8.42 Å². The maximum atomic E-state index is 12.1. The van der Waals surface area contributed by atoms with Gasteiger partial charge in [-0.2, -0.15) is 0 Å². The van der Waals surface area contributed by atoms with Crippen LogP contribution in [0.25, 0.3) is 10.8 Å². The van der Waals surface area contributed by atoms with Crippen LogP contribution in [-0.2, 0) is 10.0 Å². The van der Waals surface area contributed by atoms with Gasteiger partial charge in [0, 0.05) is 25.2 Å². The first-order valence-corrected chi connectivity index (χ1v) is 6.58. The highest BCUT2D eigenvalue weighted by molar-refractivity contribution is 7.89. The maximum Gasteiger partial charge on any atom is 0.243 e. The van der Waals surface area contributed by atoms with Gasteiger partial charge in [-0.1, -0.05) is 18.2 Å². The van der Waals surface area contributed by atoms with E-state index in [1.54, 1.807) is 30.3 Å². The molecule has 0 aliphatic heterocycles. The first kappa shape index (κ1) is 11.9. The predicted molar refractivity (Wildman–Crippen MR) is 69.2 cm³/mol. The molecule has 4 nitrogen and oxygen atoms in total. The summed E-state index contributed by atoms with van der Waals surface area (Å²) in [6.45, 7) is 0. The molecule has 0 spiro atoms. The summed E-state index contributed by atoms with van der Waals surface area (Å²) in [6.07, 6.45) is 0. The number of benzene rings is 2. The number of rotatable bonds is 2. The van der Waals surface area contributed by atoms with Gasteiger partial charge < -0.3 is 5.73 Å². The molecule has 5 heteroatoms. The third-order valence-electron chi connectivity index (χ3n) is 2.62. The first-order chi connectivity index (χ1) is 7.93. The zero-order chi connectivity index (χ0) is 12.6.